The van der Waals surface area contributed by atoms with E-state index >= 15 is 0 Å². The Morgan fingerprint density at radius 2 is 1.82 bits per heavy atom. The maximum atomic E-state index is 11.9. The number of nitrogens with one attached hydrogen (secondary N) is 2. The highest BCUT2D eigenvalue weighted by Crippen LogP contribution is 2.24. The molecule has 0 aromatic heterocycles. The van der Waals surface area contributed by atoms with Crippen LogP contribution in [-0.4, -0.2) is 29.4 Å². The number of thioether (sulfide) groups is 1. The van der Waals surface area contributed by atoms with Crippen LogP contribution in [-0.2, 0) is 9.59 Å². The third-order valence-corrected chi connectivity index (χ3v) is 4.94. The molecule has 0 unspecified atom stereocenters. The van der Waals surface area contributed by atoms with E-state index in [9.17, 15) is 9.59 Å². The summed E-state index contributed by atoms with van der Waals surface area (Å²) in [6.45, 7) is 4.19. The van der Waals surface area contributed by atoms with Gasteiger partial charge in [-0.2, -0.15) is 0 Å². The quantitative estimate of drug-likeness (QED) is 0.847. The van der Waals surface area contributed by atoms with Gasteiger partial charge in [0.1, 0.15) is 0 Å². The lowest BCUT2D eigenvalue weighted by Gasteiger charge is -2.16. The molecule has 0 bridgehead atoms. The van der Waals surface area contributed by atoms with Gasteiger partial charge in [0.2, 0.25) is 11.8 Å². The summed E-state index contributed by atoms with van der Waals surface area (Å²) < 4.78 is 0. The lowest BCUT2D eigenvalue weighted by molar-refractivity contribution is -0.119. The van der Waals surface area contributed by atoms with Gasteiger partial charge in [-0.05, 0) is 37.8 Å². The largest absolute Gasteiger partial charge is 0.352 e. The van der Waals surface area contributed by atoms with E-state index in [1.165, 1.54) is 24.6 Å². The third kappa shape index (κ3) is 5.37. The van der Waals surface area contributed by atoms with Crippen molar-refractivity contribution in [1.29, 1.82) is 0 Å². The lowest BCUT2D eigenvalue weighted by Crippen LogP contribution is -2.37. The molecule has 1 fully saturated rings. The molecule has 2 amide bonds. The SMILES string of the molecule is Cc1ccc(NC(=O)CSCC(=O)N[C@@H]2CCC[C@H]2C)cc1. The molecular formula is C17H24N2O2S. The van der Waals surface area contributed by atoms with E-state index in [1.54, 1.807) is 0 Å². The van der Waals surface area contributed by atoms with Gasteiger partial charge < -0.3 is 10.6 Å². The summed E-state index contributed by atoms with van der Waals surface area (Å²) in [7, 11) is 0. The molecule has 0 aliphatic heterocycles. The number of hydrogen-bond acceptors (Lipinski definition) is 3. The summed E-state index contributed by atoms with van der Waals surface area (Å²) in [6.07, 6.45) is 3.46. The summed E-state index contributed by atoms with van der Waals surface area (Å²) in [5.41, 5.74) is 1.95. The van der Waals surface area contributed by atoms with Crippen LogP contribution >= 0.6 is 11.8 Å². The van der Waals surface area contributed by atoms with Crippen LogP contribution in [0.2, 0.25) is 0 Å². The topological polar surface area (TPSA) is 58.2 Å². The van der Waals surface area contributed by atoms with Crippen molar-refractivity contribution in [3.05, 3.63) is 29.8 Å². The Morgan fingerprint density at radius 1 is 1.14 bits per heavy atom. The van der Waals surface area contributed by atoms with Gasteiger partial charge in [0.05, 0.1) is 11.5 Å². The fourth-order valence-electron chi connectivity index (χ4n) is 2.68. The first-order chi connectivity index (χ1) is 10.5. The second kappa shape index (κ2) is 8.22. The lowest BCUT2D eigenvalue weighted by atomic mass is 10.1. The van der Waals surface area contributed by atoms with Gasteiger partial charge in [-0.25, -0.2) is 0 Å². The average molecular weight is 320 g/mol. The predicted octanol–water partition coefficient (Wildman–Crippen LogP) is 2.97. The highest BCUT2D eigenvalue weighted by Gasteiger charge is 2.24. The van der Waals surface area contributed by atoms with Crippen LogP contribution in [0.4, 0.5) is 5.69 Å². The second-order valence-electron chi connectivity index (χ2n) is 5.99. The summed E-state index contributed by atoms with van der Waals surface area (Å²) in [6, 6.07) is 7.99. The molecule has 5 heteroatoms. The Bertz CT molecular complexity index is 516. The minimum absolute atomic E-state index is 0.0342. The first-order valence-electron chi connectivity index (χ1n) is 7.78. The Balaban J connectivity index is 1.64. The van der Waals surface area contributed by atoms with E-state index in [2.05, 4.69) is 17.6 Å². The maximum absolute atomic E-state index is 11.9. The number of hydrogen-bond donors (Lipinski definition) is 2. The van der Waals surface area contributed by atoms with Gasteiger partial charge in [0.15, 0.2) is 0 Å². The number of amides is 2. The smallest absolute Gasteiger partial charge is 0.234 e. The zero-order valence-corrected chi connectivity index (χ0v) is 14.0. The first-order valence-corrected chi connectivity index (χ1v) is 8.93. The van der Waals surface area contributed by atoms with E-state index in [1.807, 2.05) is 31.2 Å². The molecule has 2 rings (SSSR count). The Morgan fingerprint density at radius 3 is 2.45 bits per heavy atom. The third-order valence-electron chi connectivity index (χ3n) is 4.01. The minimum Gasteiger partial charge on any atom is -0.352 e. The molecule has 1 aromatic rings. The van der Waals surface area contributed by atoms with Gasteiger partial charge in [0.25, 0.3) is 0 Å². The molecule has 0 spiro atoms. The number of carbonyl (C=O) groups is 2. The van der Waals surface area contributed by atoms with Crippen LogP contribution in [0.25, 0.3) is 0 Å². The van der Waals surface area contributed by atoms with Crippen molar-refractivity contribution in [2.75, 3.05) is 16.8 Å². The maximum Gasteiger partial charge on any atom is 0.234 e. The van der Waals surface area contributed by atoms with Crippen molar-refractivity contribution < 1.29 is 9.59 Å². The molecule has 1 aliphatic rings. The molecule has 2 N–H and O–H groups in total. The first kappa shape index (κ1) is 16.9. The van der Waals surface area contributed by atoms with Crippen LogP contribution in [0.1, 0.15) is 31.7 Å². The Hall–Kier alpha value is -1.49. The average Bonchev–Trinajstić information content (AvgIpc) is 2.87. The van der Waals surface area contributed by atoms with Crippen LogP contribution in [0, 0.1) is 12.8 Å². The van der Waals surface area contributed by atoms with Crippen molar-refractivity contribution in [2.24, 2.45) is 5.92 Å². The Labute approximate surface area is 136 Å². The van der Waals surface area contributed by atoms with Crippen molar-refractivity contribution in [3.63, 3.8) is 0 Å². The van der Waals surface area contributed by atoms with Gasteiger partial charge in [0, 0.05) is 11.7 Å². The molecule has 1 aliphatic carbocycles. The van der Waals surface area contributed by atoms with Crippen molar-refractivity contribution in [3.8, 4) is 0 Å². The number of anilines is 1. The van der Waals surface area contributed by atoms with Crippen molar-refractivity contribution in [2.45, 2.75) is 39.2 Å². The fourth-order valence-corrected chi connectivity index (χ4v) is 3.31. The van der Waals surface area contributed by atoms with E-state index in [-0.39, 0.29) is 11.8 Å². The monoisotopic (exact) mass is 320 g/mol. The van der Waals surface area contributed by atoms with Gasteiger partial charge in [-0.1, -0.05) is 31.0 Å². The van der Waals surface area contributed by atoms with Crippen molar-refractivity contribution >= 4 is 29.3 Å². The molecule has 120 valence electrons. The number of aryl methyl sites for hydroxylation is 1. The molecule has 4 nitrogen and oxygen atoms in total. The summed E-state index contributed by atoms with van der Waals surface area (Å²) in [4.78, 5) is 23.7. The van der Waals surface area contributed by atoms with Gasteiger partial charge in [-0.15, -0.1) is 11.8 Å². The molecule has 1 saturated carbocycles. The second-order valence-corrected chi connectivity index (χ2v) is 6.97. The van der Waals surface area contributed by atoms with Gasteiger partial charge in [-0.3, -0.25) is 9.59 Å². The summed E-state index contributed by atoms with van der Waals surface area (Å²) in [5.74, 6) is 1.16. The van der Waals surface area contributed by atoms with Crippen LogP contribution in [0.15, 0.2) is 24.3 Å². The van der Waals surface area contributed by atoms with Gasteiger partial charge >= 0.3 is 0 Å². The molecule has 1 aromatic carbocycles. The highest BCUT2D eigenvalue weighted by molar-refractivity contribution is 8.00. The van der Waals surface area contributed by atoms with E-state index in [0.29, 0.717) is 23.5 Å². The predicted molar refractivity (Wildman–Crippen MR) is 92.1 cm³/mol. The highest BCUT2D eigenvalue weighted by atomic mass is 32.2. The number of rotatable bonds is 6. The zero-order chi connectivity index (χ0) is 15.9. The molecular weight excluding hydrogens is 296 g/mol. The van der Waals surface area contributed by atoms with E-state index in [0.717, 1.165) is 17.7 Å². The van der Waals surface area contributed by atoms with E-state index in [4.69, 9.17) is 0 Å². The van der Waals surface area contributed by atoms with Crippen LogP contribution < -0.4 is 10.6 Å². The molecule has 0 heterocycles. The molecule has 0 radical (unpaired) electrons. The Kier molecular flexibility index (Phi) is 6.31. The standard InChI is InChI=1S/C17H24N2O2S/c1-12-6-8-14(9-7-12)18-16(20)10-22-11-17(21)19-15-5-3-4-13(15)2/h6-9,13,15H,3-5,10-11H2,1-2H3,(H,18,20)(H,19,21)/t13-,15-/m1/s1. The van der Waals surface area contributed by atoms with Crippen LogP contribution in [0.3, 0.4) is 0 Å². The number of benzene rings is 1. The normalized spacial score (nSPS) is 20.6. The molecule has 22 heavy (non-hydrogen) atoms. The number of carbonyl (C=O) groups excluding carboxylic acids is 2. The summed E-state index contributed by atoms with van der Waals surface area (Å²) in [5, 5.41) is 5.90. The van der Waals surface area contributed by atoms with Crippen molar-refractivity contribution in [1.82, 2.24) is 5.32 Å². The van der Waals surface area contributed by atoms with Crippen LogP contribution in [0.5, 0.6) is 0 Å². The summed E-state index contributed by atoms with van der Waals surface area (Å²) >= 11 is 1.35. The zero-order valence-electron chi connectivity index (χ0n) is 13.2. The fraction of sp³-hybridized carbons (Fsp3) is 0.529. The molecule has 0 saturated heterocycles. The minimum atomic E-state index is -0.0733. The molecule has 2 atom stereocenters. The van der Waals surface area contributed by atoms with E-state index < -0.39 is 0 Å².